The fourth-order valence-corrected chi connectivity index (χ4v) is 6.79. The van der Waals surface area contributed by atoms with Crippen LogP contribution in [0.2, 0.25) is 0 Å². The number of carbonyl (C=O) groups is 1. The molecular weight excluding hydrogens is 493 g/mol. The number of amides is 1. The molecule has 1 aromatic carbocycles. The molecule has 4 heterocycles. The molecule has 200 valence electrons. The van der Waals surface area contributed by atoms with Crippen LogP contribution in [-0.2, 0) is 4.79 Å². The van der Waals surface area contributed by atoms with Gasteiger partial charge in [0.25, 0.3) is 0 Å². The number of aromatic amines is 1. The van der Waals surface area contributed by atoms with Gasteiger partial charge in [-0.2, -0.15) is 0 Å². The summed E-state index contributed by atoms with van der Waals surface area (Å²) in [6.45, 7) is 0. The maximum absolute atomic E-state index is 13.9. The van der Waals surface area contributed by atoms with Gasteiger partial charge in [0.1, 0.15) is 11.6 Å². The Kier molecular flexibility index (Phi) is 6.33. The predicted molar refractivity (Wildman–Crippen MR) is 147 cm³/mol. The third kappa shape index (κ3) is 4.70. The molecule has 4 atom stereocenters. The van der Waals surface area contributed by atoms with E-state index in [0.29, 0.717) is 23.5 Å². The van der Waals surface area contributed by atoms with Crippen molar-refractivity contribution in [3.8, 4) is 11.1 Å². The second-order valence-corrected chi connectivity index (χ2v) is 11.2. The fraction of sp³-hybridized carbons (Fsp3) is 0.400. The molecule has 4 N–H and O–H groups in total. The maximum Gasteiger partial charge on any atom is 0.227 e. The minimum Gasteiger partial charge on any atom is -0.339 e. The van der Waals surface area contributed by atoms with Crippen LogP contribution in [0, 0.1) is 17.7 Å². The third-order valence-corrected chi connectivity index (χ3v) is 8.82. The Hall–Kier alpha value is -3.69. The average molecular weight is 526 g/mol. The first-order chi connectivity index (χ1) is 19.1. The van der Waals surface area contributed by atoms with E-state index in [2.05, 4.69) is 37.2 Å². The van der Waals surface area contributed by atoms with Crippen LogP contribution in [0.4, 0.5) is 10.1 Å². The molecule has 2 saturated carbocycles. The zero-order chi connectivity index (χ0) is 26.3. The van der Waals surface area contributed by atoms with Gasteiger partial charge >= 0.3 is 0 Å². The Balaban J connectivity index is 1.12. The van der Waals surface area contributed by atoms with Gasteiger partial charge in [-0.3, -0.25) is 15.2 Å². The van der Waals surface area contributed by atoms with Gasteiger partial charge in [-0.05, 0) is 79.3 Å². The average Bonchev–Trinajstić information content (AvgIpc) is 3.72. The van der Waals surface area contributed by atoms with Gasteiger partial charge in [0.2, 0.25) is 5.91 Å². The molecule has 0 radical (unpaired) electrons. The van der Waals surface area contributed by atoms with E-state index in [1.54, 1.807) is 18.5 Å². The highest BCUT2D eigenvalue weighted by Gasteiger charge is 2.43. The van der Waals surface area contributed by atoms with E-state index >= 15 is 0 Å². The van der Waals surface area contributed by atoms with E-state index in [-0.39, 0.29) is 23.7 Å². The highest BCUT2D eigenvalue weighted by atomic mass is 19.1. The molecule has 0 spiro atoms. The zero-order valence-corrected chi connectivity index (χ0v) is 21.7. The Bertz CT molecular complexity index is 1510. The lowest BCUT2D eigenvalue weighted by Gasteiger charge is -2.33. The van der Waals surface area contributed by atoms with Gasteiger partial charge in [0.15, 0.2) is 5.65 Å². The van der Waals surface area contributed by atoms with E-state index in [1.165, 1.54) is 17.7 Å². The number of carbonyl (C=O) groups excluding carboxylic acids is 1. The number of nitrogens with one attached hydrogen (secondary N) is 4. The van der Waals surface area contributed by atoms with E-state index < -0.39 is 0 Å². The summed E-state index contributed by atoms with van der Waals surface area (Å²) in [4.78, 5) is 30.0. The second kappa shape index (κ2) is 10.1. The van der Waals surface area contributed by atoms with Crippen molar-refractivity contribution in [1.82, 2.24) is 30.8 Å². The molecule has 3 aromatic heterocycles. The summed E-state index contributed by atoms with van der Waals surface area (Å²) in [5.74, 6) is 1.47. The van der Waals surface area contributed by atoms with Crippen LogP contribution < -0.4 is 16.2 Å². The quantitative estimate of drug-likeness (QED) is 0.278. The lowest BCUT2D eigenvalue weighted by atomic mass is 9.73. The molecule has 1 amide bonds. The van der Waals surface area contributed by atoms with E-state index in [0.717, 1.165) is 73.1 Å². The number of halogens is 1. The van der Waals surface area contributed by atoms with Crippen molar-refractivity contribution in [3.63, 3.8) is 0 Å². The number of aromatic nitrogens is 4. The van der Waals surface area contributed by atoms with Gasteiger partial charge in [0.05, 0.1) is 23.4 Å². The second-order valence-electron chi connectivity index (χ2n) is 11.2. The molecule has 1 aliphatic heterocycles. The van der Waals surface area contributed by atoms with Crippen LogP contribution in [0.25, 0.3) is 22.3 Å². The number of imidazole rings is 1. The lowest BCUT2D eigenvalue weighted by Crippen LogP contribution is -2.34. The highest BCUT2D eigenvalue weighted by Crippen LogP contribution is 2.44. The number of rotatable bonds is 5. The van der Waals surface area contributed by atoms with Crippen LogP contribution in [0.1, 0.15) is 68.3 Å². The number of benzene rings is 1. The van der Waals surface area contributed by atoms with E-state index in [4.69, 9.17) is 4.98 Å². The summed E-state index contributed by atoms with van der Waals surface area (Å²) in [5.41, 5.74) is 12.0. The number of H-pyrrole nitrogens is 1. The van der Waals surface area contributed by atoms with Gasteiger partial charge < -0.3 is 10.3 Å². The van der Waals surface area contributed by atoms with Crippen molar-refractivity contribution in [3.05, 3.63) is 72.2 Å². The van der Waals surface area contributed by atoms with Gasteiger partial charge in [0, 0.05) is 29.9 Å². The molecule has 3 fully saturated rings. The van der Waals surface area contributed by atoms with Crippen LogP contribution in [0.5, 0.6) is 0 Å². The molecule has 3 aliphatic rings. The summed E-state index contributed by atoms with van der Waals surface area (Å²) in [7, 11) is 0. The van der Waals surface area contributed by atoms with Gasteiger partial charge in [-0.25, -0.2) is 19.8 Å². The molecule has 7 rings (SSSR count). The van der Waals surface area contributed by atoms with Crippen molar-refractivity contribution in [1.29, 1.82) is 0 Å². The number of hydrogen-bond acceptors (Lipinski definition) is 6. The standard InChI is InChI=1S/C30H32FN7O/c31-21-7-3-6-19(12-21)23-10-11-33-28-26(23)35-29(36-28)27-24-14-18(8-9-25(24)37-38-27)20-13-22(16-32-15-20)34-30(39)17-4-1-2-5-17/h3,6-7,10-13,15-18,24-25,27,37-38H,1-2,4-5,8-9,14H2,(H,34,39)(H,33,35,36). The minimum absolute atomic E-state index is 0.00873. The largest absolute Gasteiger partial charge is 0.339 e. The minimum atomic E-state index is -0.272. The third-order valence-electron chi connectivity index (χ3n) is 8.82. The smallest absolute Gasteiger partial charge is 0.227 e. The number of hydrazine groups is 1. The molecule has 4 unspecified atom stereocenters. The molecule has 2 aliphatic carbocycles. The first-order valence-corrected chi connectivity index (χ1v) is 14.0. The molecule has 4 aromatic rings. The maximum atomic E-state index is 13.9. The number of nitrogens with zero attached hydrogens (tertiary/aromatic N) is 3. The topological polar surface area (TPSA) is 108 Å². The molecule has 0 bridgehead atoms. The highest BCUT2D eigenvalue weighted by molar-refractivity contribution is 5.92. The van der Waals surface area contributed by atoms with Crippen LogP contribution in [0.15, 0.2) is 55.0 Å². The summed E-state index contributed by atoms with van der Waals surface area (Å²) >= 11 is 0. The van der Waals surface area contributed by atoms with Crippen molar-refractivity contribution in [2.75, 3.05) is 5.32 Å². The van der Waals surface area contributed by atoms with Crippen molar-refractivity contribution in [2.45, 2.75) is 62.9 Å². The van der Waals surface area contributed by atoms with Crippen molar-refractivity contribution >= 4 is 22.8 Å². The Labute approximate surface area is 226 Å². The van der Waals surface area contributed by atoms with Crippen LogP contribution in [-0.4, -0.2) is 31.9 Å². The molecule has 1 saturated heterocycles. The summed E-state index contributed by atoms with van der Waals surface area (Å²) < 4.78 is 13.9. The first-order valence-electron chi connectivity index (χ1n) is 14.0. The lowest BCUT2D eigenvalue weighted by molar-refractivity contribution is -0.119. The normalized spacial score (nSPS) is 25.2. The number of pyridine rings is 2. The Morgan fingerprint density at radius 1 is 1.03 bits per heavy atom. The fourth-order valence-electron chi connectivity index (χ4n) is 6.79. The van der Waals surface area contributed by atoms with Crippen molar-refractivity contribution in [2.24, 2.45) is 11.8 Å². The van der Waals surface area contributed by atoms with Crippen LogP contribution >= 0.6 is 0 Å². The summed E-state index contributed by atoms with van der Waals surface area (Å²) in [6.07, 6.45) is 12.7. The summed E-state index contributed by atoms with van der Waals surface area (Å²) in [5, 5.41) is 3.11. The Morgan fingerprint density at radius 2 is 1.92 bits per heavy atom. The predicted octanol–water partition coefficient (Wildman–Crippen LogP) is 5.39. The van der Waals surface area contributed by atoms with E-state index in [1.807, 2.05) is 18.3 Å². The monoisotopic (exact) mass is 525 g/mol. The number of hydrogen-bond donors (Lipinski definition) is 4. The summed E-state index contributed by atoms with van der Waals surface area (Å²) in [6, 6.07) is 10.9. The van der Waals surface area contributed by atoms with Gasteiger partial charge in [-0.1, -0.05) is 25.0 Å². The molecule has 8 nitrogen and oxygen atoms in total. The van der Waals surface area contributed by atoms with Gasteiger partial charge in [-0.15, -0.1) is 0 Å². The molecule has 39 heavy (non-hydrogen) atoms. The molecular formula is C30H32FN7O. The zero-order valence-electron chi connectivity index (χ0n) is 21.7. The van der Waals surface area contributed by atoms with Crippen molar-refractivity contribution < 1.29 is 9.18 Å². The first kappa shape index (κ1) is 24.4. The van der Waals surface area contributed by atoms with E-state index in [9.17, 15) is 9.18 Å². The SMILES string of the molecule is O=C(Nc1cncc(C2CCC3NNC(c4nc5nccc(-c6cccc(F)c6)c5[nH]4)C3C2)c1)C1CCCC1. The van der Waals surface area contributed by atoms with Crippen LogP contribution in [0.3, 0.4) is 0 Å². The number of anilines is 1. The molecule has 9 heteroatoms. The Morgan fingerprint density at radius 3 is 2.79 bits per heavy atom. The number of fused-ring (bicyclic) bond motifs is 2.